The average Bonchev–Trinajstić information content (AvgIpc) is 3.03. The highest BCUT2D eigenvalue weighted by Gasteiger charge is 2.23. The zero-order chi connectivity index (χ0) is 16.9. The molecule has 3 rings (SSSR count). The highest BCUT2D eigenvalue weighted by molar-refractivity contribution is 6.30. The van der Waals surface area contributed by atoms with Crippen molar-refractivity contribution < 1.29 is 9.18 Å². The van der Waals surface area contributed by atoms with E-state index in [1.54, 1.807) is 12.4 Å². The van der Waals surface area contributed by atoms with Crippen LogP contribution in [0.15, 0.2) is 42.7 Å². The van der Waals surface area contributed by atoms with Gasteiger partial charge in [0.15, 0.2) is 0 Å². The minimum atomic E-state index is -0.575. The van der Waals surface area contributed by atoms with Crippen LogP contribution in [0, 0.1) is 11.7 Å². The Morgan fingerprint density at radius 2 is 2.12 bits per heavy atom. The minimum absolute atomic E-state index is 0.0223. The lowest BCUT2D eigenvalue weighted by atomic mass is 10.1. The summed E-state index contributed by atoms with van der Waals surface area (Å²) in [7, 11) is 0. The number of benzene rings is 1. The quantitative estimate of drug-likeness (QED) is 0.903. The molecule has 24 heavy (non-hydrogen) atoms. The van der Waals surface area contributed by atoms with Gasteiger partial charge >= 0.3 is 0 Å². The lowest BCUT2D eigenvalue weighted by Crippen LogP contribution is -2.31. The molecule has 4 nitrogen and oxygen atoms in total. The van der Waals surface area contributed by atoms with Crippen molar-refractivity contribution in [3.63, 3.8) is 0 Å². The van der Waals surface area contributed by atoms with Gasteiger partial charge in [-0.1, -0.05) is 11.6 Å². The van der Waals surface area contributed by atoms with Crippen molar-refractivity contribution in [2.45, 2.75) is 13.0 Å². The lowest BCUT2D eigenvalue weighted by Gasteiger charge is -2.16. The largest absolute Gasteiger partial charge is 0.352 e. The molecule has 1 amide bonds. The first-order chi connectivity index (χ1) is 11.6. The highest BCUT2D eigenvalue weighted by Crippen LogP contribution is 2.19. The monoisotopic (exact) mass is 347 g/mol. The Morgan fingerprint density at radius 3 is 2.88 bits per heavy atom. The van der Waals surface area contributed by atoms with E-state index in [-0.39, 0.29) is 10.9 Å². The van der Waals surface area contributed by atoms with Crippen molar-refractivity contribution in [2.75, 3.05) is 19.6 Å². The maximum absolute atomic E-state index is 13.4. The number of rotatable bonds is 5. The highest BCUT2D eigenvalue weighted by atomic mass is 35.5. The second-order valence-electron chi connectivity index (χ2n) is 6.08. The Labute approximate surface area is 145 Å². The van der Waals surface area contributed by atoms with Crippen molar-refractivity contribution in [2.24, 2.45) is 5.92 Å². The first-order valence-corrected chi connectivity index (χ1v) is 8.34. The number of amides is 1. The molecule has 6 heteroatoms. The van der Waals surface area contributed by atoms with Crippen molar-refractivity contribution in [3.05, 3.63) is 64.7 Å². The number of carbonyl (C=O) groups is 1. The van der Waals surface area contributed by atoms with Crippen LogP contribution in [0.3, 0.4) is 0 Å². The van der Waals surface area contributed by atoms with Crippen LogP contribution in [0.1, 0.15) is 22.3 Å². The maximum Gasteiger partial charge on any atom is 0.251 e. The summed E-state index contributed by atoms with van der Waals surface area (Å²) < 4.78 is 13.4. The molecule has 1 N–H and O–H groups in total. The second kappa shape index (κ2) is 7.73. The van der Waals surface area contributed by atoms with Gasteiger partial charge in [-0.2, -0.15) is 0 Å². The number of aromatic nitrogens is 1. The lowest BCUT2D eigenvalue weighted by molar-refractivity contribution is 0.0947. The topological polar surface area (TPSA) is 45.2 Å². The number of nitrogens with one attached hydrogen (secondary N) is 1. The molecule has 1 saturated heterocycles. The second-order valence-corrected chi connectivity index (χ2v) is 6.49. The number of likely N-dealkylation sites (tertiary alicyclic amines) is 1. The van der Waals surface area contributed by atoms with Gasteiger partial charge in [0.1, 0.15) is 5.82 Å². The van der Waals surface area contributed by atoms with E-state index in [0.29, 0.717) is 18.0 Å². The number of pyridine rings is 1. The Balaban J connectivity index is 1.47. The van der Waals surface area contributed by atoms with E-state index in [1.807, 2.05) is 12.1 Å². The molecule has 0 saturated carbocycles. The van der Waals surface area contributed by atoms with Crippen LogP contribution in [0.4, 0.5) is 4.39 Å². The van der Waals surface area contributed by atoms with E-state index in [4.69, 9.17) is 11.6 Å². The van der Waals surface area contributed by atoms with Crippen molar-refractivity contribution in [3.8, 4) is 0 Å². The molecule has 0 radical (unpaired) electrons. The molecule has 1 aliphatic rings. The molecular weight excluding hydrogens is 329 g/mol. The van der Waals surface area contributed by atoms with Gasteiger partial charge in [-0.25, -0.2) is 4.39 Å². The third-order valence-corrected chi connectivity index (χ3v) is 4.57. The van der Waals surface area contributed by atoms with Crippen molar-refractivity contribution in [1.82, 2.24) is 15.2 Å². The van der Waals surface area contributed by atoms with Gasteiger partial charge in [-0.3, -0.25) is 14.7 Å². The molecule has 1 atom stereocenters. The van der Waals surface area contributed by atoms with E-state index in [1.165, 1.54) is 23.8 Å². The number of halogens is 2. The average molecular weight is 348 g/mol. The third kappa shape index (κ3) is 4.30. The van der Waals surface area contributed by atoms with Gasteiger partial charge in [0.25, 0.3) is 5.91 Å². The maximum atomic E-state index is 13.4. The molecular formula is C18H19ClFN3O. The summed E-state index contributed by atoms with van der Waals surface area (Å²) in [4.78, 5) is 18.5. The van der Waals surface area contributed by atoms with Crippen LogP contribution in [0.25, 0.3) is 0 Å². The normalized spacial score (nSPS) is 17.8. The Kier molecular flexibility index (Phi) is 5.43. The van der Waals surface area contributed by atoms with Crippen molar-refractivity contribution in [1.29, 1.82) is 0 Å². The Morgan fingerprint density at radius 1 is 1.33 bits per heavy atom. The summed E-state index contributed by atoms with van der Waals surface area (Å²) >= 11 is 5.63. The summed E-state index contributed by atoms with van der Waals surface area (Å²) in [6, 6.07) is 8.14. The first-order valence-electron chi connectivity index (χ1n) is 7.96. The molecule has 0 aliphatic carbocycles. The van der Waals surface area contributed by atoms with Gasteiger partial charge in [0, 0.05) is 37.6 Å². The van der Waals surface area contributed by atoms with E-state index >= 15 is 0 Å². The van der Waals surface area contributed by atoms with Gasteiger partial charge in [0.2, 0.25) is 0 Å². The molecule has 0 spiro atoms. The fourth-order valence-corrected chi connectivity index (χ4v) is 3.06. The van der Waals surface area contributed by atoms with Crippen LogP contribution in [-0.4, -0.2) is 35.4 Å². The predicted octanol–water partition coefficient (Wildman–Crippen LogP) is 3.13. The summed E-state index contributed by atoms with van der Waals surface area (Å²) in [6.07, 6.45) is 4.64. The molecule has 1 aromatic carbocycles. The van der Waals surface area contributed by atoms with Crippen LogP contribution >= 0.6 is 11.6 Å². The van der Waals surface area contributed by atoms with Crippen LogP contribution in [0.5, 0.6) is 0 Å². The first kappa shape index (κ1) is 16.9. The Bertz CT molecular complexity index is 711. The fraction of sp³-hybridized carbons (Fsp3) is 0.333. The van der Waals surface area contributed by atoms with Crippen LogP contribution in [0.2, 0.25) is 5.02 Å². The zero-order valence-corrected chi connectivity index (χ0v) is 14.0. The van der Waals surface area contributed by atoms with E-state index < -0.39 is 5.82 Å². The number of hydrogen-bond acceptors (Lipinski definition) is 3. The summed E-state index contributed by atoms with van der Waals surface area (Å²) in [5.74, 6) is -0.431. The standard InChI is InChI=1S/C18H19ClFN3O/c19-16-2-1-15(9-17(16)20)18(24)22-10-14-5-8-23(12-14)11-13-3-6-21-7-4-13/h1-4,6-7,9,14H,5,8,10-12H2,(H,22,24). The molecule has 126 valence electrons. The number of hydrogen-bond donors (Lipinski definition) is 1. The van der Waals surface area contributed by atoms with Crippen LogP contribution in [-0.2, 0) is 6.54 Å². The van der Waals surface area contributed by atoms with Crippen LogP contribution < -0.4 is 5.32 Å². The van der Waals surface area contributed by atoms with E-state index in [2.05, 4.69) is 15.2 Å². The predicted molar refractivity (Wildman–Crippen MR) is 91.4 cm³/mol. The van der Waals surface area contributed by atoms with Gasteiger partial charge in [-0.15, -0.1) is 0 Å². The Hall–Kier alpha value is -1.98. The zero-order valence-electron chi connectivity index (χ0n) is 13.2. The number of nitrogens with zero attached hydrogens (tertiary/aromatic N) is 2. The number of carbonyl (C=O) groups excluding carboxylic acids is 1. The fourth-order valence-electron chi connectivity index (χ4n) is 2.95. The summed E-state index contributed by atoms with van der Waals surface area (Å²) in [5.41, 5.74) is 1.54. The molecule has 2 heterocycles. The van der Waals surface area contributed by atoms with Gasteiger partial charge in [0.05, 0.1) is 5.02 Å². The van der Waals surface area contributed by atoms with E-state index in [9.17, 15) is 9.18 Å². The SMILES string of the molecule is O=C(NCC1CCN(Cc2ccncc2)C1)c1ccc(Cl)c(F)c1. The molecule has 1 unspecified atom stereocenters. The van der Waals surface area contributed by atoms with E-state index in [0.717, 1.165) is 26.1 Å². The minimum Gasteiger partial charge on any atom is -0.352 e. The molecule has 0 bridgehead atoms. The smallest absolute Gasteiger partial charge is 0.251 e. The molecule has 1 fully saturated rings. The molecule has 2 aromatic rings. The molecule has 1 aromatic heterocycles. The van der Waals surface area contributed by atoms with Gasteiger partial charge in [-0.05, 0) is 54.8 Å². The van der Waals surface area contributed by atoms with Gasteiger partial charge < -0.3 is 5.32 Å². The third-order valence-electron chi connectivity index (χ3n) is 4.26. The molecule has 1 aliphatic heterocycles. The summed E-state index contributed by atoms with van der Waals surface area (Å²) in [6.45, 7) is 3.45. The van der Waals surface area contributed by atoms with Crippen molar-refractivity contribution >= 4 is 17.5 Å². The summed E-state index contributed by atoms with van der Waals surface area (Å²) in [5, 5.41) is 2.91.